The lowest BCUT2D eigenvalue weighted by atomic mass is 9.84. The van der Waals surface area contributed by atoms with Crippen LogP contribution in [0, 0.1) is 5.92 Å². The van der Waals surface area contributed by atoms with E-state index in [9.17, 15) is 4.79 Å². The van der Waals surface area contributed by atoms with Crippen molar-refractivity contribution in [3.63, 3.8) is 0 Å². The van der Waals surface area contributed by atoms with Gasteiger partial charge in [0.05, 0.1) is 21.3 Å². The van der Waals surface area contributed by atoms with E-state index >= 15 is 0 Å². The van der Waals surface area contributed by atoms with Crippen LogP contribution in [0.4, 0.5) is 0 Å². The van der Waals surface area contributed by atoms with Gasteiger partial charge in [0.1, 0.15) is 0 Å². The summed E-state index contributed by atoms with van der Waals surface area (Å²) < 4.78 is 16.2. The largest absolute Gasteiger partial charge is 0.493 e. The zero-order valence-electron chi connectivity index (χ0n) is 16.6. The molecule has 27 heavy (non-hydrogen) atoms. The fourth-order valence-corrected chi connectivity index (χ4v) is 3.79. The van der Waals surface area contributed by atoms with Crippen molar-refractivity contribution in [3.05, 3.63) is 17.7 Å². The summed E-state index contributed by atoms with van der Waals surface area (Å²) in [7, 11) is 4.75. The molecule has 1 amide bonds. The Kier molecular flexibility index (Phi) is 10.3. The zero-order valence-corrected chi connectivity index (χ0v) is 17.4. The first kappa shape index (κ1) is 23.4. The molecule has 1 aromatic carbocycles. The molecule has 1 fully saturated rings. The summed E-state index contributed by atoms with van der Waals surface area (Å²) in [5, 5.41) is 3.13. The molecule has 1 aromatic rings. The Morgan fingerprint density at radius 2 is 1.78 bits per heavy atom. The Labute approximate surface area is 168 Å². The standard InChI is InChI=1S/C20H32N2O4.ClH/c1-24-17-11-9-15(19(25-2)20(17)26-3)10-12-18(23)22-16(13-21)14-7-5-4-6-8-14;/h9,11,14,16H,4-8,10,12-13,21H2,1-3H3,(H,22,23);1H. The molecule has 1 atom stereocenters. The first-order valence-electron chi connectivity index (χ1n) is 9.41. The van der Waals surface area contributed by atoms with Gasteiger partial charge in [-0.15, -0.1) is 12.4 Å². The van der Waals surface area contributed by atoms with Gasteiger partial charge in [-0.3, -0.25) is 4.79 Å². The number of halogens is 1. The van der Waals surface area contributed by atoms with Crippen molar-refractivity contribution in [2.45, 2.75) is 51.0 Å². The SMILES string of the molecule is COc1ccc(CCC(=O)NC(CN)C2CCCCC2)c(OC)c1OC.Cl. The third kappa shape index (κ3) is 6.18. The van der Waals surface area contributed by atoms with Crippen LogP contribution >= 0.6 is 12.4 Å². The zero-order chi connectivity index (χ0) is 18.9. The van der Waals surface area contributed by atoms with Crippen LogP contribution in [0.15, 0.2) is 12.1 Å². The van der Waals surface area contributed by atoms with Crippen molar-refractivity contribution in [1.82, 2.24) is 5.32 Å². The van der Waals surface area contributed by atoms with Crippen LogP contribution in [0.25, 0.3) is 0 Å². The number of ether oxygens (including phenoxy) is 3. The summed E-state index contributed by atoms with van der Waals surface area (Å²) in [4.78, 5) is 12.4. The second-order valence-corrected chi connectivity index (χ2v) is 6.80. The van der Waals surface area contributed by atoms with E-state index in [4.69, 9.17) is 19.9 Å². The van der Waals surface area contributed by atoms with Crippen molar-refractivity contribution in [3.8, 4) is 17.2 Å². The van der Waals surface area contributed by atoms with Crippen LogP contribution in [0.5, 0.6) is 17.2 Å². The molecule has 0 aromatic heterocycles. The number of carbonyl (C=O) groups is 1. The van der Waals surface area contributed by atoms with Crippen molar-refractivity contribution in [2.24, 2.45) is 11.7 Å². The van der Waals surface area contributed by atoms with Crippen molar-refractivity contribution in [2.75, 3.05) is 27.9 Å². The molecule has 1 aliphatic carbocycles. The van der Waals surface area contributed by atoms with Crippen molar-refractivity contribution in [1.29, 1.82) is 0 Å². The molecule has 0 bridgehead atoms. The molecule has 2 rings (SSSR count). The lowest BCUT2D eigenvalue weighted by molar-refractivity contribution is -0.122. The number of carbonyl (C=O) groups excluding carboxylic acids is 1. The van der Waals surface area contributed by atoms with Crippen LogP contribution in [0.2, 0.25) is 0 Å². The molecule has 154 valence electrons. The normalized spacial score (nSPS) is 15.4. The quantitative estimate of drug-likeness (QED) is 0.665. The van der Waals surface area contributed by atoms with Crippen LogP contribution in [-0.4, -0.2) is 39.8 Å². The number of methoxy groups -OCH3 is 3. The van der Waals surface area contributed by atoms with E-state index in [1.54, 1.807) is 21.3 Å². The molecular formula is C20H33ClN2O4. The molecule has 0 spiro atoms. The number of rotatable bonds is 9. The van der Waals surface area contributed by atoms with Gasteiger partial charge in [-0.2, -0.15) is 0 Å². The minimum absolute atomic E-state index is 0. The van der Waals surface area contributed by atoms with Gasteiger partial charge in [0.25, 0.3) is 0 Å². The van der Waals surface area contributed by atoms with Gasteiger partial charge in [0, 0.05) is 19.0 Å². The molecule has 0 saturated heterocycles. The maximum absolute atomic E-state index is 12.4. The Morgan fingerprint density at radius 1 is 1.11 bits per heavy atom. The van der Waals surface area contributed by atoms with E-state index in [0.29, 0.717) is 42.6 Å². The minimum Gasteiger partial charge on any atom is -0.493 e. The fraction of sp³-hybridized carbons (Fsp3) is 0.650. The summed E-state index contributed by atoms with van der Waals surface area (Å²) in [6.45, 7) is 0.496. The maximum Gasteiger partial charge on any atom is 0.220 e. The number of nitrogens with one attached hydrogen (secondary N) is 1. The van der Waals surface area contributed by atoms with Crippen molar-refractivity contribution < 1.29 is 19.0 Å². The first-order valence-corrected chi connectivity index (χ1v) is 9.41. The van der Waals surface area contributed by atoms with E-state index in [1.807, 2.05) is 12.1 Å². The maximum atomic E-state index is 12.4. The van der Waals surface area contributed by atoms with Gasteiger partial charge in [-0.05, 0) is 36.8 Å². The Bertz CT molecular complexity index is 592. The smallest absolute Gasteiger partial charge is 0.220 e. The molecule has 7 heteroatoms. The van der Waals surface area contributed by atoms with Crippen molar-refractivity contribution >= 4 is 18.3 Å². The minimum atomic E-state index is 0. The predicted octanol–water partition coefficient (Wildman–Crippen LogP) is 3.09. The van der Waals surface area contributed by atoms with E-state index in [2.05, 4.69) is 5.32 Å². The number of hydrogen-bond donors (Lipinski definition) is 2. The van der Waals surface area contributed by atoms with Crippen LogP contribution in [0.1, 0.15) is 44.1 Å². The molecule has 1 aliphatic rings. The molecule has 1 unspecified atom stereocenters. The number of nitrogens with two attached hydrogens (primary N) is 1. The first-order chi connectivity index (χ1) is 12.6. The molecule has 0 heterocycles. The molecule has 1 saturated carbocycles. The van der Waals surface area contributed by atoms with Gasteiger partial charge >= 0.3 is 0 Å². The third-order valence-electron chi connectivity index (χ3n) is 5.23. The Hall–Kier alpha value is -1.66. The molecule has 6 nitrogen and oxygen atoms in total. The predicted molar refractivity (Wildman–Crippen MR) is 109 cm³/mol. The average molecular weight is 401 g/mol. The Balaban J connectivity index is 0.00000364. The van der Waals surface area contributed by atoms with Crippen LogP contribution in [-0.2, 0) is 11.2 Å². The van der Waals surface area contributed by atoms with E-state index in [-0.39, 0.29) is 24.4 Å². The summed E-state index contributed by atoms with van der Waals surface area (Å²) in [5.74, 6) is 2.31. The highest BCUT2D eigenvalue weighted by atomic mass is 35.5. The second kappa shape index (κ2) is 11.9. The molecular weight excluding hydrogens is 368 g/mol. The molecule has 0 radical (unpaired) electrons. The van der Waals surface area contributed by atoms with E-state index in [1.165, 1.54) is 19.3 Å². The van der Waals surface area contributed by atoms with Gasteiger partial charge in [-0.25, -0.2) is 0 Å². The van der Waals surface area contributed by atoms with E-state index in [0.717, 1.165) is 18.4 Å². The third-order valence-corrected chi connectivity index (χ3v) is 5.23. The lowest BCUT2D eigenvalue weighted by Gasteiger charge is -2.30. The monoisotopic (exact) mass is 400 g/mol. The summed E-state index contributed by atoms with van der Waals surface area (Å²) in [5.41, 5.74) is 6.83. The van der Waals surface area contributed by atoms with Crippen LogP contribution < -0.4 is 25.3 Å². The van der Waals surface area contributed by atoms with Gasteiger partial charge in [0.15, 0.2) is 11.5 Å². The summed E-state index contributed by atoms with van der Waals surface area (Å²) in [6.07, 6.45) is 7.03. The highest BCUT2D eigenvalue weighted by Gasteiger charge is 2.24. The lowest BCUT2D eigenvalue weighted by Crippen LogP contribution is -2.46. The topological polar surface area (TPSA) is 82.8 Å². The van der Waals surface area contributed by atoms with Crippen LogP contribution in [0.3, 0.4) is 0 Å². The summed E-state index contributed by atoms with van der Waals surface area (Å²) in [6, 6.07) is 3.82. The molecule has 0 aliphatic heterocycles. The average Bonchev–Trinajstić information content (AvgIpc) is 2.70. The highest BCUT2D eigenvalue weighted by Crippen LogP contribution is 2.40. The van der Waals surface area contributed by atoms with Gasteiger partial charge in [-0.1, -0.05) is 25.3 Å². The number of benzene rings is 1. The number of amides is 1. The summed E-state index contributed by atoms with van der Waals surface area (Å²) >= 11 is 0. The molecule has 3 N–H and O–H groups in total. The van der Waals surface area contributed by atoms with Gasteiger partial charge in [0.2, 0.25) is 11.7 Å². The number of hydrogen-bond acceptors (Lipinski definition) is 5. The number of aryl methyl sites for hydroxylation is 1. The Morgan fingerprint density at radius 3 is 2.33 bits per heavy atom. The highest BCUT2D eigenvalue weighted by molar-refractivity contribution is 5.85. The second-order valence-electron chi connectivity index (χ2n) is 6.80. The van der Waals surface area contributed by atoms with Gasteiger partial charge < -0.3 is 25.3 Å². The van der Waals surface area contributed by atoms with E-state index < -0.39 is 0 Å². The fourth-order valence-electron chi connectivity index (χ4n) is 3.79.